The van der Waals surface area contributed by atoms with Gasteiger partial charge in [-0.15, -0.1) is 0 Å². The lowest BCUT2D eigenvalue weighted by atomic mass is 10.2. The van der Waals surface area contributed by atoms with Gasteiger partial charge in [0.25, 0.3) is 11.5 Å². The van der Waals surface area contributed by atoms with Crippen molar-refractivity contribution in [2.45, 2.75) is 13.8 Å². The lowest BCUT2D eigenvalue weighted by Crippen LogP contribution is -2.21. The molecular weight excluding hydrogens is 312 g/mol. The van der Waals surface area contributed by atoms with Gasteiger partial charge in [-0.25, -0.2) is 4.98 Å². The highest BCUT2D eigenvalue weighted by molar-refractivity contribution is 6.06. The van der Waals surface area contributed by atoms with Crippen molar-refractivity contribution in [3.63, 3.8) is 0 Å². The van der Waals surface area contributed by atoms with E-state index in [0.717, 1.165) is 6.20 Å². The van der Waals surface area contributed by atoms with Crippen LogP contribution < -0.4 is 20.9 Å². The molecule has 2 aromatic rings. The predicted octanol–water partition coefficient (Wildman–Crippen LogP) is 1.63. The SMILES string of the molecule is COc1ccc(NC(=O)c2c[nH]c(=O)cn2)c(NC(=O)C(C)C)c1. The molecule has 126 valence electrons. The number of nitrogens with zero attached hydrogens (tertiary/aromatic N) is 1. The smallest absolute Gasteiger partial charge is 0.275 e. The Kier molecular flexibility index (Phi) is 5.31. The molecule has 0 saturated carbocycles. The topological polar surface area (TPSA) is 113 Å². The molecule has 8 nitrogen and oxygen atoms in total. The standard InChI is InChI=1S/C16H18N4O4/c1-9(2)15(22)20-12-6-10(24-3)4-5-11(12)19-16(23)13-7-18-14(21)8-17-13/h4-9H,1-3H3,(H,18,21)(H,19,23)(H,20,22). The third-order valence-electron chi connectivity index (χ3n) is 3.16. The van der Waals surface area contributed by atoms with Crippen LogP contribution in [-0.2, 0) is 4.79 Å². The van der Waals surface area contributed by atoms with E-state index in [2.05, 4.69) is 20.6 Å². The van der Waals surface area contributed by atoms with E-state index >= 15 is 0 Å². The Morgan fingerprint density at radius 1 is 1.21 bits per heavy atom. The van der Waals surface area contributed by atoms with Crippen LogP contribution in [0.2, 0.25) is 0 Å². The largest absolute Gasteiger partial charge is 0.497 e. The van der Waals surface area contributed by atoms with Crippen LogP contribution in [0.3, 0.4) is 0 Å². The van der Waals surface area contributed by atoms with Crippen molar-refractivity contribution in [1.29, 1.82) is 0 Å². The van der Waals surface area contributed by atoms with Gasteiger partial charge in [0.15, 0.2) is 0 Å². The van der Waals surface area contributed by atoms with Gasteiger partial charge in [-0.2, -0.15) is 0 Å². The molecule has 1 heterocycles. The second-order valence-corrected chi connectivity index (χ2v) is 5.31. The molecule has 8 heteroatoms. The second-order valence-electron chi connectivity index (χ2n) is 5.31. The molecule has 3 N–H and O–H groups in total. The molecule has 2 rings (SSSR count). The Balaban J connectivity index is 2.27. The highest BCUT2D eigenvalue weighted by atomic mass is 16.5. The Bertz CT molecular complexity index is 793. The first kappa shape index (κ1) is 17.2. The number of benzene rings is 1. The Labute approximate surface area is 138 Å². The van der Waals surface area contributed by atoms with Crippen molar-refractivity contribution in [3.8, 4) is 5.75 Å². The van der Waals surface area contributed by atoms with E-state index in [4.69, 9.17) is 4.74 Å². The molecule has 1 aromatic carbocycles. The molecule has 0 aliphatic carbocycles. The number of rotatable bonds is 5. The summed E-state index contributed by atoms with van der Waals surface area (Å²) in [5.41, 5.74) is 0.445. The Morgan fingerprint density at radius 3 is 2.54 bits per heavy atom. The molecule has 0 saturated heterocycles. The van der Waals surface area contributed by atoms with E-state index in [1.54, 1.807) is 32.0 Å². The summed E-state index contributed by atoms with van der Waals surface area (Å²) in [6, 6.07) is 4.87. The van der Waals surface area contributed by atoms with Gasteiger partial charge in [-0.3, -0.25) is 14.4 Å². The second kappa shape index (κ2) is 7.40. The van der Waals surface area contributed by atoms with Crippen LogP contribution in [0.1, 0.15) is 24.3 Å². The minimum absolute atomic E-state index is 0.0477. The number of amides is 2. The van der Waals surface area contributed by atoms with Crippen molar-refractivity contribution in [2.75, 3.05) is 17.7 Å². The highest BCUT2D eigenvalue weighted by Crippen LogP contribution is 2.27. The summed E-state index contributed by atoms with van der Waals surface area (Å²) in [7, 11) is 1.51. The number of H-pyrrole nitrogens is 1. The van der Waals surface area contributed by atoms with E-state index in [1.165, 1.54) is 13.3 Å². The number of hydrogen-bond donors (Lipinski definition) is 3. The average Bonchev–Trinajstić information content (AvgIpc) is 2.56. The molecule has 0 atom stereocenters. The number of carbonyl (C=O) groups is 2. The van der Waals surface area contributed by atoms with Gasteiger partial charge in [0.05, 0.1) is 24.7 Å². The predicted molar refractivity (Wildman–Crippen MR) is 89.3 cm³/mol. The summed E-state index contributed by atoms with van der Waals surface area (Å²) in [5.74, 6) is -0.396. The molecule has 0 aliphatic heterocycles. The van der Waals surface area contributed by atoms with Crippen LogP contribution in [0.15, 0.2) is 35.4 Å². The molecule has 2 amide bonds. The fourth-order valence-corrected chi connectivity index (χ4v) is 1.79. The van der Waals surface area contributed by atoms with Crippen molar-refractivity contribution in [3.05, 3.63) is 46.6 Å². The monoisotopic (exact) mass is 330 g/mol. The zero-order valence-electron chi connectivity index (χ0n) is 13.5. The molecule has 24 heavy (non-hydrogen) atoms. The molecule has 0 aliphatic rings. The van der Waals surface area contributed by atoms with Crippen LogP contribution in [-0.4, -0.2) is 28.9 Å². The fourth-order valence-electron chi connectivity index (χ4n) is 1.79. The van der Waals surface area contributed by atoms with Gasteiger partial charge in [0.2, 0.25) is 5.91 Å². The average molecular weight is 330 g/mol. The van der Waals surface area contributed by atoms with Crippen molar-refractivity contribution in [2.24, 2.45) is 5.92 Å². The number of hydrogen-bond acceptors (Lipinski definition) is 5. The van der Waals surface area contributed by atoms with Crippen LogP contribution >= 0.6 is 0 Å². The van der Waals surface area contributed by atoms with E-state index in [0.29, 0.717) is 17.1 Å². The van der Waals surface area contributed by atoms with Crippen LogP contribution in [0.4, 0.5) is 11.4 Å². The van der Waals surface area contributed by atoms with Gasteiger partial charge in [-0.1, -0.05) is 13.8 Å². The quantitative estimate of drug-likeness (QED) is 0.771. The van der Waals surface area contributed by atoms with E-state index < -0.39 is 11.5 Å². The fraction of sp³-hybridized carbons (Fsp3) is 0.250. The summed E-state index contributed by atoms with van der Waals surface area (Å²) in [4.78, 5) is 41.3. The zero-order chi connectivity index (χ0) is 17.7. The maximum absolute atomic E-state index is 12.2. The number of aromatic amines is 1. The van der Waals surface area contributed by atoms with Gasteiger partial charge in [0.1, 0.15) is 11.4 Å². The molecule has 0 bridgehead atoms. The van der Waals surface area contributed by atoms with Gasteiger partial charge in [-0.05, 0) is 12.1 Å². The van der Waals surface area contributed by atoms with Crippen LogP contribution in [0.25, 0.3) is 0 Å². The van der Waals surface area contributed by atoms with Crippen LogP contribution in [0, 0.1) is 5.92 Å². The summed E-state index contributed by atoms with van der Waals surface area (Å²) < 4.78 is 5.14. The van der Waals surface area contributed by atoms with Gasteiger partial charge in [0, 0.05) is 18.2 Å². The Hall–Kier alpha value is -3.16. The molecule has 0 radical (unpaired) electrons. The third kappa shape index (κ3) is 4.19. The molecule has 0 unspecified atom stereocenters. The number of nitrogens with one attached hydrogen (secondary N) is 3. The van der Waals surface area contributed by atoms with E-state index in [-0.39, 0.29) is 17.5 Å². The first-order chi connectivity index (χ1) is 11.4. The normalized spacial score (nSPS) is 10.3. The summed E-state index contributed by atoms with van der Waals surface area (Å²) in [6.07, 6.45) is 2.23. The van der Waals surface area contributed by atoms with Gasteiger partial charge < -0.3 is 20.4 Å². The molecule has 0 spiro atoms. The van der Waals surface area contributed by atoms with Crippen molar-refractivity contribution < 1.29 is 14.3 Å². The lowest BCUT2D eigenvalue weighted by Gasteiger charge is -2.14. The summed E-state index contributed by atoms with van der Waals surface area (Å²) in [5, 5.41) is 5.39. The maximum atomic E-state index is 12.2. The molecule has 0 fully saturated rings. The number of anilines is 2. The Morgan fingerprint density at radius 2 is 1.96 bits per heavy atom. The van der Waals surface area contributed by atoms with E-state index in [1.807, 2.05) is 0 Å². The zero-order valence-corrected chi connectivity index (χ0v) is 13.5. The lowest BCUT2D eigenvalue weighted by molar-refractivity contribution is -0.118. The highest BCUT2D eigenvalue weighted by Gasteiger charge is 2.14. The van der Waals surface area contributed by atoms with Crippen LogP contribution in [0.5, 0.6) is 5.75 Å². The van der Waals surface area contributed by atoms with Gasteiger partial charge >= 0.3 is 0 Å². The van der Waals surface area contributed by atoms with Crippen molar-refractivity contribution in [1.82, 2.24) is 9.97 Å². The number of carbonyl (C=O) groups excluding carboxylic acids is 2. The number of aromatic nitrogens is 2. The first-order valence-corrected chi connectivity index (χ1v) is 7.25. The van der Waals surface area contributed by atoms with Crippen molar-refractivity contribution >= 4 is 23.2 Å². The minimum atomic E-state index is -0.517. The van der Waals surface area contributed by atoms with E-state index in [9.17, 15) is 14.4 Å². The minimum Gasteiger partial charge on any atom is -0.497 e. The molecular formula is C16H18N4O4. The summed E-state index contributed by atoms with van der Waals surface area (Å²) >= 11 is 0. The number of ether oxygens (including phenoxy) is 1. The maximum Gasteiger partial charge on any atom is 0.275 e. The first-order valence-electron chi connectivity index (χ1n) is 7.25. The summed E-state index contributed by atoms with van der Waals surface area (Å²) in [6.45, 7) is 3.52. The number of methoxy groups -OCH3 is 1. The third-order valence-corrected chi connectivity index (χ3v) is 3.16. The molecule has 1 aromatic heterocycles.